The second-order valence-corrected chi connectivity index (χ2v) is 6.59. The van der Waals surface area contributed by atoms with Crippen molar-refractivity contribution in [3.05, 3.63) is 64.7 Å². The van der Waals surface area contributed by atoms with Gasteiger partial charge in [-0.15, -0.1) is 11.8 Å². The van der Waals surface area contributed by atoms with Gasteiger partial charge in [-0.25, -0.2) is 0 Å². The van der Waals surface area contributed by atoms with Crippen LogP contribution in [0.3, 0.4) is 0 Å². The number of hydrogen-bond donors (Lipinski definition) is 1. The second kappa shape index (κ2) is 5.58. The van der Waals surface area contributed by atoms with Crippen LogP contribution in [-0.4, -0.2) is 16.5 Å². The lowest BCUT2D eigenvalue weighted by molar-refractivity contribution is 0.172. The van der Waals surface area contributed by atoms with Gasteiger partial charge < -0.3 is 5.11 Å². The first kappa shape index (κ1) is 13.0. The Balaban J connectivity index is 1.68. The molecule has 0 spiro atoms. The molecule has 1 heterocycles. The van der Waals surface area contributed by atoms with Gasteiger partial charge in [-0.1, -0.05) is 41.9 Å². The summed E-state index contributed by atoms with van der Waals surface area (Å²) in [7, 11) is 0. The standard InChI is InChI=1S/C16H15ClOS/c17-13-6-3-4-11(8-13)9-14(18)16-10-12-5-1-2-7-15(12)19-16/h1-8,14,16,18H,9-10H2. The lowest BCUT2D eigenvalue weighted by Crippen LogP contribution is -2.24. The molecule has 2 aromatic carbocycles. The summed E-state index contributed by atoms with van der Waals surface area (Å²) in [5.74, 6) is 0. The molecule has 2 atom stereocenters. The lowest BCUT2D eigenvalue weighted by Gasteiger charge is -2.17. The third-order valence-electron chi connectivity index (χ3n) is 3.44. The van der Waals surface area contributed by atoms with E-state index in [0.29, 0.717) is 6.42 Å². The van der Waals surface area contributed by atoms with Crippen molar-refractivity contribution in [2.24, 2.45) is 0 Å². The summed E-state index contributed by atoms with van der Waals surface area (Å²) in [6, 6.07) is 16.1. The molecule has 3 heteroatoms. The molecular formula is C16H15ClOS. The molecule has 0 saturated carbocycles. The summed E-state index contributed by atoms with van der Waals surface area (Å²) < 4.78 is 0. The number of aliphatic hydroxyl groups is 1. The van der Waals surface area contributed by atoms with Crippen molar-refractivity contribution in [2.45, 2.75) is 29.1 Å². The highest BCUT2D eigenvalue weighted by Crippen LogP contribution is 2.38. The minimum atomic E-state index is -0.337. The van der Waals surface area contributed by atoms with E-state index in [4.69, 9.17) is 11.6 Å². The smallest absolute Gasteiger partial charge is 0.0705 e. The molecule has 19 heavy (non-hydrogen) atoms. The van der Waals surface area contributed by atoms with Crippen molar-refractivity contribution >= 4 is 23.4 Å². The maximum Gasteiger partial charge on any atom is 0.0705 e. The predicted molar refractivity (Wildman–Crippen MR) is 81.0 cm³/mol. The SMILES string of the molecule is OC(Cc1cccc(Cl)c1)C1Cc2ccccc2S1. The van der Waals surface area contributed by atoms with Gasteiger partial charge in [-0.3, -0.25) is 0 Å². The third-order valence-corrected chi connectivity index (χ3v) is 5.11. The molecular weight excluding hydrogens is 276 g/mol. The molecule has 2 unspecified atom stereocenters. The Labute approximate surface area is 122 Å². The average Bonchev–Trinajstić information content (AvgIpc) is 2.82. The third kappa shape index (κ3) is 2.97. The normalized spacial score (nSPS) is 19.2. The minimum Gasteiger partial charge on any atom is -0.392 e. The van der Waals surface area contributed by atoms with E-state index in [9.17, 15) is 5.11 Å². The van der Waals surface area contributed by atoms with E-state index >= 15 is 0 Å². The summed E-state index contributed by atoms with van der Waals surface area (Å²) in [5.41, 5.74) is 2.44. The molecule has 3 rings (SSSR count). The van der Waals surface area contributed by atoms with E-state index in [2.05, 4.69) is 24.3 Å². The van der Waals surface area contributed by atoms with Crippen LogP contribution in [0.1, 0.15) is 11.1 Å². The van der Waals surface area contributed by atoms with Crippen LogP contribution in [0.4, 0.5) is 0 Å². The zero-order valence-electron chi connectivity index (χ0n) is 10.4. The average molecular weight is 291 g/mol. The maximum absolute atomic E-state index is 10.4. The Kier molecular flexibility index (Phi) is 3.83. The zero-order valence-corrected chi connectivity index (χ0v) is 12.0. The van der Waals surface area contributed by atoms with Crippen molar-refractivity contribution in [3.8, 4) is 0 Å². The van der Waals surface area contributed by atoms with Crippen LogP contribution < -0.4 is 0 Å². The summed E-state index contributed by atoms with van der Waals surface area (Å²) in [6.07, 6.45) is 1.27. The minimum absolute atomic E-state index is 0.247. The predicted octanol–water partition coefficient (Wildman–Crippen LogP) is 3.96. The van der Waals surface area contributed by atoms with Gasteiger partial charge in [-0.05, 0) is 42.2 Å². The monoisotopic (exact) mass is 290 g/mol. The Morgan fingerprint density at radius 3 is 2.84 bits per heavy atom. The fourth-order valence-corrected chi connectivity index (χ4v) is 3.98. The Hall–Kier alpha value is -0.960. The van der Waals surface area contributed by atoms with Crippen molar-refractivity contribution in [2.75, 3.05) is 0 Å². The molecule has 0 saturated heterocycles. The largest absolute Gasteiger partial charge is 0.392 e. The van der Waals surface area contributed by atoms with Crippen LogP contribution in [0.15, 0.2) is 53.4 Å². The number of halogens is 1. The van der Waals surface area contributed by atoms with E-state index in [1.54, 1.807) is 11.8 Å². The van der Waals surface area contributed by atoms with Gasteiger partial charge in [-0.2, -0.15) is 0 Å². The van der Waals surface area contributed by atoms with E-state index in [1.165, 1.54) is 10.5 Å². The van der Waals surface area contributed by atoms with Gasteiger partial charge in [0.25, 0.3) is 0 Å². The number of fused-ring (bicyclic) bond motifs is 1. The maximum atomic E-state index is 10.4. The highest BCUT2D eigenvalue weighted by molar-refractivity contribution is 8.00. The molecule has 0 radical (unpaired) electrons. The molecule has 2 aromatic rings. The Bertz CT molecular complexity index is 559. The molecule has 0 fully saturated rings. The first-order valence-corrected chi connectivity index (χ1v) is 7.65. The number of hydrogen-bond acceptors (Lipinski definition) is 2. The van der Waals surface area contributed by atoms with E-state index in [-0.39, 0.29) is 11.4 Å². The molecule has 0 amide bonds. The van der Waals surface area contributed by atoms with E-state index < -0.39 is 0 Å². The number of aliphatic hydroxyl groups excluding tert-OH is 1. The molecule has 1 aliphatic heterocycles. The van der Waals surface area contributed by atoms with Crippen LogP contribution in [0.2, 0.25) is 5.02 Å². The number of rotatable bonds is 3. The molecule has 0 aliphatic carbocycles. The van der Waals surface area contributed by atoms with Gasteiger partial charge >= 0.3 is 0 Å². The molecule has 1 N–H and O–H groups in total. The van der Waals surface area contributed by atoms with Gasteiger partial charge in [0.05, 0.1) is 6.10 Å². The van der Waals surface area contributed by atoms with Crippen LogP contribution in [0, 0.1) is 0 Å². The van der Waals surface area contributed by atoms with Crippen molar-refractivity contribution < 1.29 is 5.11 Å². The number of benzene rings is 2. The van der Waals surface area contributed by atoms with Crippen molar-refractivity contribution in [3.63, 3.8) is 0 Å². The van der Waals surface area contributed by atoms with Crippen LogP contribution in [-0.2, 0) is 12.8 Å². The van der Waals surface area contributed by atoms with E-state index in [0.717, 1.165) is 17.0 Å². The highest BCUT2D eigenvalue weighted by Gasteiger charge is 2.28. The summed E-state index contributed by atoms with van der Waals surface area (Å²) >= 11 is 7.76. The van der Waals surface area contributed by atoms with Crippen molar-refractivity contribution in [1.82, 2.24) is 0 Å². The van der Waals surface area contributed by atoms with Crippen molar-refractivity contribution in [1.29, 1.82) is 0 Å². The highest BCUT2D eigenvalue weighted by atomic mass is 35.5. The zero-order chi connectivity index (χ0) is 13.2. The molecule has 98 valence electrons. The van der Waals surface area contributed by atoms with Gasteiger partial charge in [0.1, 0.15) is 0 Å². The molecule has 0 aromatic heterocycles. The van der Waals surface area contributed by atoms with Gasteiger partial charge in [0.15, 0.2) is 0 Å². The summed E-state index contributed by atoms with van der Waals surface area (Å²) in [4.78, 5) is 1.30. The Morgan fingerprint density at radius 2 is 2.05 bits per heavy atom. The molecule has 1 aliphatic rings. The first-order chi connectivity index (χ1) is 9.22. The van der Waals surface area contributed by atoms with Crippen LogP contribution in [0.25, 0.3) is 0 Å². The molecule has 0 bridgehead atoms. The summed E-state index contributed by atoms with van der Waals surface area (Å²) in [5, 5.41) is 11.4. The fraction of sp³-hybridized carbons (Fsp3) is 0.250. The number of thioether (sulfide) groups is 1. The first-order valence-electron chi connectivity index (χ1n) is 6.39. The van der Waals surface area contributed by atoms with Crippen LogP contribution >= 0.6 is 23.4 Å². The topological polar surface area (TPSA) is 20.2 Å². The quantitative estimate of drug-likeness (QED) is 0.923. The van der Waals surface area contributed by atoms with Crippen LogP contribution in [0.5, 0.6) is 0 Å². The fourth-order valence-electron chi connectivity index (χ4n) is 2.46. The summed E-state index contributed by atoms with van der Waals surface area (Å²) in [6.45, 7) is 0. The van der Waals surface area contributed by atoms with Gasteiger partial charge in [0.2, 0.25) is 0 Å². The second-order valence-electron chi connectivity index (χ2n) is 4.87. The van der Waals surface area contributed by atoms with E-state index in [1.807, 2.05) is 24.3 Å². The lowest BCUT2D eigenvalue weighted by atomic mass is 10.0. The molecule has 1 nitrogen and oxygen atoms in total. The Morgan fingerprint density at radius 1 is 1.21 bits per heavy atom. The van der Waals surface area contributed by atoms with Gasteiger partial charge in [0, 0.05) is 15.2 Å².